The third-order valence-electron chi connectivity index (χ3n) is 4.59. The Balaban J connectivity index is 1.86. The second-order valence-electron chi connectivity index (χ2n) is 6.80. The molecule has 3 aromatic carbocycles. The minimum Gasteiger partial charge on any atom is -0.495 e. The number of amides is 1. The molecule has 11 nitrogen and oxygen atoms in total. The summed E-state index contributed by atoms with van der Waals surface area (Å²) in [6.45, 7) is 0. The van der Waals surface area contributed by atoms with E-state index >= 15 is 0 Å². The summed E-state index contributed by atoms with van der Waals surface area (Å²) in [4.78, 5) is 34.5. The molecule has 3 aromatic rings. The van der Waals surface area contributed by atoms with E-state index in [-0.39, 0.29) is 33.1 Å². The Morgan fingerprint density at radius 3 is 2.32 bits per heavy atom. The lowest BCUT2D eigenvalue weighted by atomic mass is 10.1. The topological polar surface area (TPSA) is 154 Å². The molecular formula is C22H19N3O8S. The zero-order chi connectivity index (χ0) is 24.9. The smallest absolute Gasteiger partial charge is 0.337 e. The maximum Gasteiger partial charge on any atom is 0.337 e. The van der Waals surface area contributed by atoms with E-state index in [9.17, 15) is 28.1 Å². The molecule has 0 aromatic heterocycles. The van der Waals surface area contributed by atoms with Crippen molar-refractivity contribution in [2.75, 3.05) is 24.3 Å². The van der Waals surface area contributed by atoms with Gasteiger partial charge in [0.15, 0.2) is 0 Å². The first-order valence-corrected chi connectivity index (χ1v) is 11.1. The Labute approximate surface area is 194 Å². The van der Waals surface area contributed by atoms with Gasteiger partial charge < -0.3 is 14.8 Å². The Bertz CT molecular complexity index is 1370. The van der Waals surface area contributed by atoms with Crippen molar-refractivity contribution in [2.24, 2.45) is 0 Å². The third kappa shape index (κ3) is 5.48. The molecule has 0 aliphatic rings. The van der Waals surface area contributed by atoms with Gasteiger partial charge in [-0.2, -0.15) is 0 Å². The number of benzene rings is 3. The average molecular weight is 485 g/mol. The van der Waals surface area contributed by atoms with Gasteiger partial charge in [-0.1, -0.05) is 12.1 Å². The second kappa shape index (κ2) is 10.0. The standard InChI is InChI=1S/C22H19N3O8S/c1-32-20-10-9-17(25(28)29)13-19(20)24-34(30,31)18-8-4-5-14(12-18)21(26)23-16-7-3-6-15(11-16)22(27)33-2/h3-13,24H,1-2H3,(H,23,26). The highest BCUT2D eigenvalue weighted by atomic mass is 32.2. The van der Waals surface area contributed by atoms with Crippen molar-refractivity contribution in [3.05, 3.63) is 88.0 Å². The molecule has 0 spiro atoms. The van der Waals surface area contributed by atoms with Crippen molar-refractivity contribution in [1.29, 1.82) is 0 Å². The van der Waals surface area contributed by atoms with E-state index in [1.165, 1.54) is 56.7 Å². The van der Waals surface area contributed by atoms with Crippen LogP contribution in [0.2, 0.25) is 0 Å². The highest BCUT2D eigenvalue weighted by Crippen LogP contribution is 2.31. The lowest BCUT2D eigenvalue weighted by Crippen LogP contribution is -2.16. The maximum atomic E-state index is 12.9. The number of nitro benzene ring substituents is 1. The monoisotopic (exact) mass is 485 g/mol. The van der Waals surface area contributed by atoms with E-state index in [0.717, 1.165) is 12.1 Å². The van der Waals surface area contributed by atoms with Gasteiger partial charge in [0.25, 0.3) is 21.6 Å². The summed E-state index contributed by atoms with van der Waals surface area (Å²) in [6.07, 6.45) is 0. The Morgan fingerprint density at radius 2 is 1.65 bits per heavy atom. The van der Waals surface area contributed by atoms with Gasteiger partial charge in [-0.15, -0.1) is 0 Å². The first kappa shape index (κ1) is 24.2. The number of hydrogen-bond acceptors (Lipinski definition) is 8. The molecule has 0 saturated heterocycles. The molecule has 0 radical (unpaired) electrons. The minimum atomic E-state index is -4.23. The van der Waals surface area contributed by atoms with E-state index in [0.29, 0.717) is 5.69 Å². The van der Waals surface area contributed by atoms with Crippen molar-refractivity contribution in [3.8, 4) is 5.75 Å². The van der Waals surface area contributed by atoms with Crippen molar-refractivity contribution in [1.82, 2.24) is 0 Å². The van der Waals surface area contributed by atoms with Crippen LogP contribution >= 0.6 is 0 Å². The summed E-state index contributed by atoms with van der Waals surface area (Å²) in [5, 5.41) is 13.6. The molecule has 1 amide bonds. The van der Waals surface area contributed by atoms with Crippen LogP contribution in [0.5, 0.6) is 5.75 Å². The number of ether oxygens (including phenoxy) is 2. The molecule has 176 valence electrons. The summed E-state index contributed by atoms with van der Waals surface area (Å²) in [7, 11) is -1.71. The maximum absolute atomic E-state index is 12.9. The van der Waals surface area contributed by atoms with Crippen LogP contribution in [0.4, 0.5) is 17.1 Å². The zero-order valence-electron chi connectivity index (χ0n) is 18.0. The van der Waals surface area contributed by atoms with Gasteiger partial charge in [0.1, 0.15) is 5.75 Å². The second-order valence-corrected chi connectivity index (χ2v) is 8.48. The summed E-state index contributed by atoms with van der Waals surface area (Å²) >= 11 is 0. The van der Waals surface area contributed by atoms with Gasteiger partial charge >= 0.3 is 5.97 Å². The van der Waals surface area contributed by atoms with Gasteiger partial charge in [0, 0.05) is 23.4 Å². The van der Waals surface area contributed by atoms with Gasteiger partial charge in [0.2, 0.25) is 0 Å². The lowest BCUT2D eigenvalue weighted by Gasteiger charge is -2.12. The summed E-state index contributed by atoms with van der Waals surface area (Å²) < 4.78 is 37.8. The van der Waals surface area contributed by atoms with Crippen LogP contribution in [0.3, 0.4) is 0 Å². The molecule has 0 heterocycles. The van der Waals surface area contributed by atoms with E-state index in [2.05, 4.69) is 14.8 Å². The molecule has 0 saturated carbocycles. The normalized spacial score (nSPS) is 10.8. The predicted octanol–water partition coefficient (Wildman–Crippen LogP) is 3.44. The van der Waals surface area contributed by atoms with Crippen molar-refractivity contribution in [3.63, 3.8) is 0 Å². The Morgan fingerprint density at radius 1 is 0.941 bits per heavy atom. The van der Waals surface area contributed by atoms with E-state index < -0.39 is 26.8 Å². The summed E-state index contributed by atoms with van der Waals surface area (Å²) in [5.74, 6) is -1.12. The number of sulfonamides is 1. The first-order chi connectivity index (χ1) is 16.1. The summed E-state index contributed by atoms with van der Waals surface area (Å²) in [5.41, 5.74) is 0.0942. The molecule has 2 N–H and O–H groups in total. The quantitative estimate of drug-likeness (QED) is 0.279. The number of methoxy groups -OCH3 is 2. The summed E-state index contributed by atoms with van der Waals surface area (Å²) in [6, 6.07) is 14.7. The predicted molar refractivity (Wildman–Crippen MR) is 123 cm³/mol. The fraction of sp³-hybridized carbons (Fsp3) is 0.0909. The van der Waals surface area contributed by atoms with Crippen LogP contribution in [0, 0.1) is 10.1 Å². The van der Waals surface area contributed by atoms with Crippen molar-refractivity contribution < 1.29 is 32.4 Å². The van der Waals surface area contributed by atoms with Crippen LogP contribution in [-0.2, 0) is 14.8 Å². The Kier molecular flexibility index (Phi) is 7.12. The molecule has 0 fully saturated rings. The molecule has 34 heavy (non-hydrogen) atoms. The molecule has 0 atom stereocenters. The average Bonchev–Trinajstić information content (AvgIpc) is 2.83. The van der Waals surface area contributed by atoms with Crippen LogP contribution in [0.25, 0.3) is 0 Å². The number of carbonyl (C=O) groups excluding carboxylic acids is 2. The highest BCUT2D eigenvalue weighted by molar-refractivity contribution is 7.92. The number of anilines is 2. The van der Waals surface area contributed by atoms with Gasteiger partial charge in [-0.25, -0.2) is 13.2 Å². The van der Waals surface area contributed by atoms with Crippen molar-refractivity contribution >= 4 is 39.0 Å². The van der Waals surface area contributed by atoms with Crippen LogP contribution in [-0.4, -0.2) is 39.4 Å². The molecule has 3 rings (SSSR count). The molecule has 0 aliphatic heterocycles. The Hall–Kier alpha value is -4.45. The van der Waals surface area contributed by atoms with Gasteiger partial charge in [-0.05, 0) is 42.5 Å². The number of non-ortho nitro benzene ring substituents is 1. The fourth-order valence-electron chi connectivity index (χ4n) is 2.94. The third-order valence-corrected chi connectivity index (χ3v) is 5.95. The SMILES string of the molecule is COC(=O)c1cccc(NC(=O)c2cccc(S(=O)(=O)Nc3cc([N+](=O)[O-])ccc3OC)c2)c1. The van der Waals surface area contributed by atoms with Gasteiger partial charge in [-0.3, -0.25) is 19.6 Å². The first-order valence-electron chi connectivity index (χ1n) is 9.59. The highest BCUT2D eigenvalue weighted by Gasteiger charge is 2.21. The van der Waals surface area contributed by atoms with Crippen LogP contribution in [0.1, 0.15) is 20.7 Å². The molecule has 0 bridgehead atoms. The number of carbonyl (C=O) groups is 2. The largest absolute Gasteiger partial charge is 0.495 e. The molecule has 0 aliphatic carbocycles. The fourth-order valence-corrected chi connectivity index (χ4v) is 4.05. The number of nitrogens with zero attached hydrogens (tertiary/aromatic N) is 1. The molecular weight excluding hydrogens is 466 g/mol. The van der Waals surface area contributed by atoms with E-state index in [1.807, 2.05) is 0 Å². The van der Waals surface area contributed by atoms with E-state index in [1.54, 1.807) is 12.1 Å². The lowest BCUT2D eigenvalue weighted by molar-refractivity contribution is -0.384. The van der Waals surface area contributed by atoms with Gasteiger partial charge in [0.05, 0.1) is 35.3 Å². The molecule has 12 heteroatoms. The van der Waals surface area contributed by atoms with E-state index in [4.69, 9.17) is 4.74 Å². The van der Waals surface area contributed by atoms with Crippen LogP contribution in [0.15, 0.2) is 71.6 Å². The number of nitrogens with one attached hydrogen (secondary N) is 2. The number of hydrogen-bond donors (Lipinski definition) is 2. The minimum absolute atomic E-state index is 0.0253. The number of esters is 1. The number of nitro groups is 1. The number of rotatable bonds is 8. The molecule has 0 unspecified atom stereocenters. The van der Waals surface area contributed by atoms with Crippen LogP contribution < -0.4 is 14.8 Å². The van der Waals surface area contributed by atoms with Crippen molar-refractivity contribution in [2.45, 2.75) is 4.90 Å². The zero-order valence-corrected chi connectivity index (χ0v) is 18.8.